The van der Waals surface area contributed by atoms with E-state index in [1.807, 2.05) is 13.0 Å². The third kappa shape index (κ3) is 4.42. The van der Waals surface area contributed by atoms with Crippen LogP contribution >= 0.6 is 11.3 Å². The summed E-state index contributed by atoms with van der Waals surface area (Å²) in [5.41, 5.74) is 8.27. The zero-order valence-electron chi connectivity index (χ0n) is 11.3. The Bertz CT molecular complexity index is 481. The molecule has 3 nitrogen and oxygen atoms in total. The molecule has 3 N–H and O–H groups in total. The molecule has 19 heavy (non-hydrogen) atoms. The van der Waals surface area contributed by atoms with E-state index in [1.165, 1.54) is 10.6 Å². The van der Waals surface area contributed by atoms with Crippen molar-refractivity contribution in [2.45, 2.75) is 19.3 Å². The fraction of sp³-hybridized carbons (Fsp3) is 0.400. The van der Waals surface area contributed by atoms with Gasteiger partial charge in [0.2, 0.25) is 0 Å². The maximum atomic E-state index is 5.85. The van der Waals surface area contributed by atoms with E-state index in [9.17, 15) is 0 Å². The minimum absolute atomic E-state index is 0.388. The number of nitrogens with one attached hydrogen (secondary N) is 1. The maximum Gasteiger partial charge on any atom is 0.0940 e. The Morgan fingerprint density at radius 3 is 2.74 bits per heavy atom. The van der Waals surface area contributed by atoms with Gasteiger partial charge in [0.15, 0.2) is 0 Å². The van der Waals surface area contributed by atoms with Gasteiger partial charge in [-0.2, -0.15) is 0 Å². The predicted molar refractivity (Wildman–Crippen MR) is 81.7 cm³/mol. The topological polar surface area (TPSA) is 50.9 Å². The van der Waals surface area contributed by atoms with Crippen LogP contribution in [0.15, 0.2) is 35.7 Å². The number of benzene rings is 1. The molecule has 0 saturated heterocycles. The maximum absolute atomic E-state index is 5.85. The van der Waals surface area contributed by atoms with E-state index in [1.54, 1.807) is 11.3 Å². The summed E-state index contributed by atoms with van der Waals surface area (Å²) in [6.07, 6.45) is 0.991. The normalized spacial score (nSPS) is 12.5. The molecule has 1 aromatic carbocycles. The molecule has 2 aromatic rings. The Hall–Kier alpha value is -1.23. The van der Waals surface area contributed by atoms with Crippen LogP contribution in [0.2, 0.25) is 0 Å². The SMILES string of the molecule is Cc1csc(CCNCC(CN)c2ccccc2)n1. The van der Waals surface area contributed by atoms with Crippen LogP contribution in [0, 0.1) is 6.92 Å². The summed E-state index contributed by atoms with van der Waals surface area (Å²) in [6.45, 7) is 4.59. The molecule has 0 aliphatic heterocycles. The zero-order chi connectivity index (χ0) is 13.5. The largest absolute Gasteiger partial charge is 0.330 e. The Kier molecular flexibility index (Phi) is 5.51. The highest BCUT2D eigenvalue weighted by Gasteiger charge is 2.08. The number of thiazole rings is 1. The molecule has 0 aliphatic carbocycles. The van der Waals surface area contributed by atoms with Crippen LogP contribution in [0.5, 0.6) is 0 Å². The van der Waals surface area contributed by atoms with Crippen molar-refractivity contribution in [1.29, 1.82) is 0 Å². The molecule has 1 atom stereocenters. The van der Waals surface area contributed by atoms with Gasteiger partial charge in [-0.1, -0.05) is 30.3 Å². The molecule has 0 radical (unpaired) electrons. The van der Waals surface area contributed by atoms with Crippen LogP contribution in [-0.4, -0.2) is 24.6 Å². The standard InChI is InChI=1S/C15H21N3S/c1-12-11-19-15(18-12)7-8-17-10-14(9-16)13-5-3-2-4-6-13/h2-6,11,14,17H,7-10,16H2,1H3. The lowest BCUT2D eigenvalue weighted by molar-refractivity contribution is 0.589. The lowest BCUT2D eigenvalue weighted by Gasteiger charge is -2.15. The molecule has 0 aliphatic rings. The Labute approximate surface area is 118 Å². The van der Waals surface area contributed by atoms with Crippen molar-refractivity contribution >= 4 is 11.3 Å². The van der Waals surface area contributed by atoms with Gasteiger partial charge in [0.05, 0.1) is 5.01 Å². The first-order valence-corrected chi connectivity index (χ1v) is 7.54. The molecule has 102 valence electrons. The second kappa shape index (κ2) is 7.38. The predicted octanol–water partition coefficient (Wildman–Crippen LogP) is 2.33. The first-order valence-electron chi connectivity index (χ1n) is 6.66. The number of nitrogens with two attached hydrogens (primary N) is 1. The summed E-state index contributed by atoms with van der Waals surface area (Å²) in [7, 11) is 0. The molecule has 0 bridgehead atoms. The Morgan fingerprint density at radius 2 is 2.11 bits per heavy atom. The Balaban J connectivity index is 1.75. The fourth-order valence-corrected chi connectivity index (χ4v) is 2.83. The smallest absolute Gasteiger partial charge is 0.0940 e. The number of rotatable bonds is 7. The number of nitrogens with zero attached hydrogens (tertiary/aromatic N) is 1. The minimum Gasteiger partial charge on any atom is -0.330 e. The van der Waals surface area contributed by atoms with Crippen molar-refractivity contribution < 1.29 is 0 Å². The molecule has 4 heteroatoms. The molecular weight excluding hydrogens is 254 g/mol. The number of hydrogen-bond acceptors (Lipinski definition) is 4. The Morgan fingerprint density at radius 1 is 1.32 bits per heavy atom. The van der Waals surface area contributed by atoms with Crippen LogP contribution in [-0.2, 0) is 6.42 Å². The summed E-state index contributed by atoms with van der Waals surface area (Å²) in [6, 6.07) is 10.5. The van der Waals surface area contributed by atoms with Crippen molar-refractivity contribution in [2.75, 3.05) is 19.6 Å². The minimum atomic E-state index is 0.388. The molecule has 1 unspecified atom stereocenters. The van der Waals surface area contributed by atoms with E-state index >= 15 is 0 Å². The highest BCUT2D eigenvalue weighted by molar-refractivity contribution is 7.09. The summed E-state index contributed by atoms with van der Waals surface area (Å²) in [4.78, 5) is 4.46. The summed E-state index contributed by atoms with van der Waals surface area (Å²) >= 11 is 1.73. The highest BCUT2D eigenvalue weighted by Crippen LogP contribution is 2.13. The van der Waals surface area contributed by atoms with Gasteiger partial charge < -0.3 is 11.1 Å². The monoisotopic (exact) mass is 275 g/mol. The molecule has 1 heterocycles. The van der Waals surface area contributed by atoms with Gasteiger partial charge in [0.25, 0.3) is 0 Å². The first kappa shape index (κ1) is 14.2. The van der Waals surface area contributed by atoms with E-state index in [0.29, 0.717) is 12.5 Å². The number of hydrogen-bond donors (Lipinski definition) is 2. The van der Waals surface area contributed by atoms with Crippen LogP contribution in [0.3, 0.4) is 0 Å². The third-order valence-corrected chi connectivity index (χ3v) is 4.15. The van der Waals surface area contributed by atoms with Gasteiger partial charge in [-0.3, -0.25) is 0 Å². The van der Waals surface area contributed by atoms with Crippen molar-refractivity contribution in [1.82, 2.24) is 10.3 Å². The second-order valence-corrected chi connectivity index (χ2v) is 5.62. The molecule has 0 saturated carbocycles. The van der Waals surface area contributed by atoms with Gasteiger partial charge >= 0.3 is 0 Å². The number of aryl methyl sites for hydroxylation is 1. The van der Waals surface area contributed by atoms with Crippen molar-refractivity contribution in [2.24, 2.45) is 5.73 Å². The van der Waals surface area contributed by atoms with Crippen LogP contribution in [0.4, 0.5) is 0 Å². The van der Waals surface area contributed by atoms with Crippen molar-refractivity contribution in [3.8, 4) is 0 Å². The van der Waals surface area contributed by atoms with E-state index in [0.717, 1.165) is 25.2 Å². The molecule has 1 aromatic heterocycles. The fourth-order valence-electron chi connectivity index (χ4n) is 2.05. The van der Waals surface area contributed by atoms with Gasteiger partial charge in [0.1, 0.15) is 0 Å². The second-order valence-electron chi connectivity index (χ2n) is 4.68. The lowest BCUT2D eigenvalue weighted by Crippen LogP contribution is -2.28. The molecule has 0 fully saturated rings. The zero-order valence-corrected chi connectivity index (χ0v) is 12.1. The average Bonchev–Trinajstić information content (AvgIpc) is 2.86. The molecular formula is C15H21N3S. The number of aromatic nitrogens is 1. The lowest BCUT2D eigenvalue weighted by atomic mass is 9.99. The quantitative estimate of drug-likeness (QED) is 0.763. The summed E-state index contributed by atoms with van der Waals surface area (Å²) in [5.74, 6) is 0.388. The first-order chi connectivity index (χ1) is 9.29. The van der Waals surface area contributed by atoms with Gasteiger partial charge in [0, 0.05) is 43.0 Å². The van der Waals surface area contributed by atoms with Crippen molar-refractivity contribution in [3.63, 3.8) is 0 Å². The van der Waals surface area contributed by atoms with Crippen LogP contribution in [0.25, 0.3) is 0 Å². The van der Waals surface area contributed by atoms with Crippen LogP contribution < -0.4 is 11.1 Å². The summed E-state index contributed by atoms with van der Waals surface area (Å²) in [5, 5.41) is 6.78. The van der Waals surface area contributed by atoms with Gasteiger partial charge in [-0.05, 0) is 12.5 Å². The highest BCUT2D eigenvalue weighted by atomic mass is 32.1. The van der Waals surface area contributed by atoms with E-state index in [4.69, 9.17) is 5.73 Å². The van der Waals surface area contributed by atoms with Crippen LogP contribution in [0.1, 0.15) is 22.2 Å². The van der Waals surface area contributed by atoms with E-state index < -0.39 is 0 Å². The van der Waals surface area contributed by atoms with Gasteiger partial charge in [-0.15, -0.1) is 11.3 Å². The summed E-state index contributed by atoms with van der Waals surface area (Å²) < 4.78 is 0. The average molecular weight is 275 g/mol. The molecule has 0 spiro atoms. The van der Waals surface area contributed by atoms with Gasteiger partial charge in [-0.25, -0.2) is 4.98 Å². The molecule has 0 amide bonds. The van der Waals surface area contributed by atoms with E-state index in [-0.39, 0.29) is 0 Å². The third-order valence-electron chi connectivity index (χ3n) is 3.13. The van der Waals surface area contributed by atoms with Crippen molar-refractivity contribution in [3.05, 3.63) is 52.0 Å². The molecule has 2 rings (SSSR count). The van der Waals surface area contributed by atoms with E-state index in [2.05, 4.69) is 39.9 Å².